The maximum Gasteiger partial charge on any atom is 0.339 e. The molecule has 10 nitrogen and oxygen atoms in total. The summed E-state index contributed by atoms with van der Waals surface area (Å²) in [6.07, 6.45) is -4.89. The monoisotopic (exact) mass is 540 g/mol. The number of halogens is 2. The quantitative estimate of drug-likeness (QED) is 0.386. The maximum atomic E-state index is 13.0. The number of benzene rings is 1. The number of fused-ring (bicyclic) bond motifs is 1. The highest BCUT2D eigenvalue weighted by atomic mass is 35.5. The second-order valence-corrected chi connectivity index (χ2v) is 9.19. The fourth-order valence-electron chi connectivity index (χ4n) is 4.01. The summed E-state index contributed by atoms with van der Waals surface area (Å²) in [5, 5.41) is 30.1. The van der Waals surface area contributed by atoms with Gasteiger partial charge in [-0.1, -0.05) is 29.3 Å². The van der Waals surface area contributed by atoms with Gasteiger partial charge in [0.25, 0.3) is 0 Å². The van der Waals surface area contributed by atoms with Gasteiger partial charge in [0.2, 0.25) is 0 Å². The first-order valence-corrected chi connectivity index (χ1v) is 11.8. The zero-order chi connectivity index (χ0) is 26.1. The molecule has 1 saturated heterocycles. The van der Waals surface area contributed by atoms with Crippen molar-refractivity contribution in [2.24, 2.45) is 0 Å². The zero-order valence-corrected chi connectivity index (χ0v) is 21.2. The highest BCUT2D eigenvalue weighted by Crippen LogP contribution is 2.38. The van der Waals surface area contributed by atoms with Crippen LogP contribution in [0.3, 0.4) is 0 Å². The van der Waals surface area contributed by atoms with Gasteiger partial charge < -0.3 is 38.7 Å². The number of aromatic nitrogens is 2. The Balaban J connectivity index is 1.52. The molecule has 0 amide bonds. The summed E-state index contributed by atoms with van der Waals surface area (Å²) in [5.41, 5.74) is 2.82. The van der Waals surface area contributed by atoms with Gasteiger partial charge >= 0.3 is 5.97 Å². The molecule has 1 aliphatic heterocycles. The van der Waals surface area contributed by atoms with E-state index in [9.17, 15) is 20.1 Å². The van der Waals surface area contributed by atoms with Crippen LogP contribution >= 0.6 is 23.2 Å². The predicted octanol–water partition coefficient (Wildman–Crippen LogP) is 2.45. The molecule has 12 heteroatoms. The topological polar surface area (TPSA) is 132 Å². The molecule has 1 aliphatic rings. The molecule has 1 fully saturated rings. The molecule has 0 radical (unpaired) electrons. The molecular formula is C24H26Cl2N2O8. The molecule has 36 heavy (non-hydrogen) atoms. The van der Waals surface area contributed by atoms with Crippen molar-refractivity contribution in [3.05, 3.63) is 63.0 Å². The van der Waals surface area contributed by atoms with E-state index in [1.54, 1.807) is 6.92 Å². The molecule has 2 aromatic heterocycles. The minimum atomic E-state index is -1.56. The molecule has 0 unspecified atom stereocenters. The minimum Gasteiger partial charge on any atom is -0.484 e. The van der Waals surface area contributed by atoms with Crippen molar-refractivity contribution >= 4 is 34.8 Å². The van der Waals surface area contributed by atoms with E-state index in [1.807, 2.05) is 35.7 Å². The third-order valence-corrected chi connectivity index (χ3v) is 6.79. The summed E-state index contributed by atoms with van der Waals surface area (Å²) in [6, 6.07) is 7.11. The van der Waals surface area contributed by atoms with Crippen molar-refractivity contribution in [3.8, 4) is 5.75 Å². The van der Waals surface area contributed by atoms with Crippen LogP contribution in [0, 0.1) is 13.8 Å². The van der Waals surface area contributed by atoms with Crippen molar-refractivity contribution in [2.45, 2.75) is 51.2 Å². The number of hydrogen-bond acceptors (Lipinski definition) is 9. The first-order valence-electron chi connectivity index (χ1n) is 11.1. The van der Waals surface area contributed by atoms with Gasteiger partial charge in [-0.3, -0.25) is 0 Å². The Morgan fingerprint density at radius 3 is 2.64 bits per heavy atom. The number of nitrogens with zero attached hydrogens (tertiary/aromatic N) is 2. The number of aliphatic hydroxyl groups is 3. The van der Waals surface area contributed by atoms with Crippen LogP contribution in [0.5, 0.6) is 5.75 Å². The number of carbonyl (C=O) groups excluding carboxylic acids is 1. The number of imidazole rings is 1. The molecule has 0 aliphatic carbocycles. The second-order valence-electron chi connectivity index (χ2n) is 8.40. The Hall–Kier alpha value is -2.44. The van der Waals surface area contributed by atoms with Crippen molar-refractivity contribution in [2.75, 3.05) is 13.7 Å². The van der Waals surface area contributed by atoms with Gasteiger partial charge in [-0.05, 0) is 37.6 Å². The normalized spacial score (nSPS) is 24.2. The van der Waals surface area contributed by atoms with Crippen molar-refractivity contribution in [1.29, 1.82) is 0 Å². The molecule has 3 heterocycles. The third kappa shape index (κ3) is 5.03. The molecule has 0 bridgehead atoms. The van der Waals surface area contributed by atoms with Crippen molar-refractivity contribution < 1.29 is 39.1 Å². The number of esters is 1. The van der Waals surface area contributed by atoms with Crippen LogP contribution in [0.4, 0.5) is 0 Å². The van der Waals surface area contributed by atoms with E-state index in [0.29, 0.717) is 11.3 Å². The average molecular weight is 541 g/mol. The summed E-state index contributed by atoms with van der Waals surface area (Å²) in [5.74, 6) is -0.693. The summed E-state index contributed by atoms with van der Waals surface area (Å²) in [4.78, 5) is 17.5. The van der Waals surface area contributed by atoms with Crippen LogP contribution in [0.25, 0.3) is 5.65 Å². The average Bonchev–Trinajstić information content (AvgIpc) is 3.29. The molecule has 194 valence electrons. The number of carbonyl (C=O) groups is 1. The number of aryl methyl sites for hydroxylation is 1. The molecule has 5 atom stereocenters. The fraction of sp³-hybridized carbons (Fsp3) is 0.417. The van der Waals surface area contributed by atoms with Crippen LogP contribution in [0.1, 0.15) is 27.3 Å². The highest BCUT2D eigenvalue weighted by molar-refractivity contribution is 6.38. The van der Waals surface area contributed by atoms with E-state index in [4.69, 9.17) is 42.1 Å². The van der Waals surface area contributed by atoms with Crippen LogP contribution in [-0.2, 0) is 20.8 Å². The number of hydrogen-bond donors (Lipinski definition) is 3. The fourth-order valence-corrected chi connectivity index (χ4v) is 4.58. The number of ether oxygens (including phenoxy) is 4. The molecule has 3 aromatic rings. The zero-order valence-electron chi connectivity index (χ0n) is 19.7. The van der Waals surface area contributed by atoms with Crippen LogP contribution in [0.2, 0.25) is 10.0 Å². The maximum absolute atomic E-state index is 13.0. The van der Waals surface area contributed by atoms with Gasteiger partial charge in [-0.2, -0.15) is 0 Å². The Morgan fingerprint density at radius 2 is 1.97 bits per heavy atom. The van der Waals surface area contributed by atoms with E-state index < -0.39 is 43.3 Å². The van der Waals surface area contributed by atoms with Crippen molar-refractivity contribution in [1.82, 2.24) is 9.38 Å². The number of methoxy groups -OCH3 is 1. The second kappa shape index (κ2) is 10.9. The van der Waals surface area contributed by atoms with E-state index in [1.165, 1.54) is 13.2 Å². The highest BCUT2D eigenvalue weighted by Gasteiger charge is 2.47. The lowest BCUT2D eigenvalue weighted by atomic mass is 9.99. The van der Waals surface area contributed by atoms with Crippen LogP contribution < -0.4 is 4.74 Å². The smallest absolute Gasteiger partial charge is 0.339 e. The molecule has 0 spiro atoms. The predicted molar refractivity (Wildman–Crippen MR) is 129 cm³/mol. The van der Waals surface area contributed by atoms with Crippen LogP contribution in [0.15, 0.2) is 30.5 Å². The largest absolute Gasteiger partial charge is 0.484 e. The number of rotatable bonds is 7. The van der Waals surface area contributed by atoms with Gasteiger partial charge in [-0.25, -0.2) is 9.78 Å². The molecular weight excluding hydrogens is 515 g/mol. The molecule has 4 rings (SSSR count). The van der Waals surface area contributed by atoms with E-state index in [0.717, 1.165) is 11.3 Å². The summed E-state index contributed by atoms with van der Waals surface area (Å²) < 4.78 is 23.7. The first-order chi connectivity index (χ1) is 17.2. The standard InChI is InChI=1S/C24H26Cl2N2O8/c1-11-5-4-6-17-27-13(8-28(11)17)10-34-21-15(25)7-14(12(2)18(21)26)23(32)36-22-20(31)19(30)16(9-29)35-24(22)33-3/h4-8,16,19-20,22,24,29-31H,9-10H2,1-3H3/t16-,19-,20+,22-,24+/m1/s1. The molecule has 0 saturated carbocycles. The third-order valence-electron chi connectivity index (χ3n) is 6.05. The summed E-state index contributed by atoms with van der Waals surface area (Å²) >= 11 is 12.9. The lowest BCUT2D eigenvalue weighted by Gasteiger charge is -2.40. The first kappa shape index (κ1) is 26.6. The van der Waals surface area contributed by atoms with Gasteiger partial charge in [0.1, 0.15) is 30.6 Å². The summed E-state index contributed by atoms with van der Waals surface area (Å²) in [7, 11) is 1.28. The van der Waals surface area contributed by atoms with E-state index in [2.05, 4.69) is 4.98 Å². The lowest BCUT2D eigenvalue weighted by Crippen LogP contribution is -2.60. The van der Waals surface area contributed by atoms with Crippen molar-refractivity contribution in [3.63, 3.8) is 0 Å². The number of aliphatic hydroxyl groups excluding tert-OH is 3. The van der Waals surface area contributed by atoms with Gasteiger partial charge in [-0.15, -0.1) is 0 Å². The minimum absolute atomic E-state index is 0.0292. The Morgan fingerprint density at radius 1 is 1.22 bits per heavy atom. The van der Waals surface area contributed by atoms with Gasteiger partial charge in [0.15, 0.2) is 18.1 Å². The molecule has 1 aromatic carbocycles. The Bertz CT molecular complexity index is 1260. The number of pyridine rings is 1. The Kier molecular flexibility index (Phi) is 8.06. The lowest BCUT2D eigenvalue weighted by molar-refractivity contribution is -0.293. The van der Waals surface area contributed by atoms with Crippen LogP contribution in [-0.4, -0.2) is 75.1 Å². The van der Waals surface area contributed by atoms with E-state index >= 15 is 0 Å². The SMILES string of the molecule is CO[C@H]1O[C@H](CO)[C@@H](O)[C@H](O)[C@H]1OC(=O)c1cc(Cl)c(OCc2cn3c(C)cccc3n2)c(Cl)c1C. The Labute approximate surface area is 216 Å². The van der Waals surface area contributed by atoms with Gasteiger partial charge in [0, 0.05) is 19.0 Å². The molecule has 3 N–H and O–H groups in total. The van der Waals surface area contributed by atoms with Gasteiger partial charge in [0.05, 0.1) is 27.9 Å². The van der Waals surface area contributed by atoms with E-state index in [-0.39, 0.29) is 28.0 Å². The summed E-state index contributed by atoms with van der Waals surface area (Å²) in [6.45, 7) is 3.09.